The molecular weight excluding hydrogens is 222 g/mol. The van der Waals surface area contributed by atoms with E-state index >= 15 is 0 Å². The Morgan fingerprint density at radius 3 is 2.47 bits per heavy atom. The minimum Gasteiger partial charge on any atom is -0.424 e. The lowest BCUT2D eigenvalue weighted by molar-refractivity contribution is -0.186. The zero-order valence-electron chi connectivity index (χ0n) is 10.0. The molecule has 17 heavy (non-hydrogen) atoms. The van der Waals surface area contributed by atoms with Gasteiger partial charge >= 0.3 is 0 Å². The summed E-state index contributed by atoms with van der Waals surface area (Å²) in [6, 6.07) is 0. The highest BCUT2D eigenvalue weighted by molar-refractivity contribution is 4.86. The summed E-state index contributed by atoms with van der Waals surface area (Å²) < 4.78 is 16.7. The van der Waals surface area contributed by atoms with E-state index in [1.54, 1.807) is 0 Å². The number of aromatic nitrogens is 2. The molecule has 1 aromatic heterocycles. The fourth-order valence-corrected chi connectivity index (χ4v) is 2.43. The van der Waals surface area contributed by atoms with Gasteiger partial charge < -0.3 is 13.9 Å². The van der Waals surface area contributed by atoms with Gasteiger partial charge in [-0.2, -0.15) is 0 Å². The zero-order chi connectivity index (χ0) is 11.7. The van der Waals surface area contributed by atoms with Crippen molar-refractivity contribution in [2.45, 2.75) is 32.1 Å². The van der Waals surface area contributed by atoms with Crippen LogP contribution in [-0.4, -0.2) is 47.2 Å². The zero-order valence-corrected chi connectivity index (χ0v) is 10.0. The van der Waals surface area contributed by atoms with Crippen molar-refractivity contribution >= 4 is 0 Å². The van der Waals surface area contributed by atoms with Gasteiger partial charge in [-0.05, 0) is 0 Å². The van der Waals surface area contributed by atoms with Gasteiger partial charge in [0, 0.05) is 32.9 Å². The number of nitrogens with zero attached hydrogens (tertiary/aromatic N) is 3. The maximum absolute atomic E-state index is 5.68. The highest BCUT2D eigenvalue weighted by Crippen LogP contribution is 2.31. The van der Waals surface area contributed by atoms with E-state index in [1.165, 1.54) is 0 Å². The number of ether oxygens (including phenoxy) is 2. The predicted octanol–water partition coefficient (Wildman–Crippen LogP) is 0.717. The highest BCUT2D eigenvalue weighted by atomic mass is 16.7. The molecule has 0 atom stereocenters. The first-order valence-electron chi connectivity index (χ1n) is 6.05. The molecule has 94 valence electrons. The minimum atomic E-state index is -0.304. The van der Waals surface area contributed by atoms with E-state index in [0.29, 0.717) is 11.8 Å². The standard InChI is InChI=1S/C11H17N3O3/c1-9-12-13-10(17-9)8-14-4-2-11(3-5-14)15-6-7-16-11/h2-8H2,1H3. The second-order valence-electron chi connectivity index (χ2n) is 4.60. The SMILES string of the molecule is Cc1nnc(CN2CCC3(CC2)OCCO3)o1. The van der Waals surface area contributed by atoms with Crippen LogP contribution in [0.15, 0.2) is 4.42 Å². The second-order valence-corrected chi connectivity index (χ2v) is 4.60. The molecule has 1 aromatic rings. The lowest BCUT2D eigenvalue weighted by Gasteiger charge is -2.36. The monoisotopic (exact) mass is 239 g/mol. The third-order valence-electron chi connectivity index (χ3n) is 3.36. The maximum Gasteiger partial charge on any atom is 0.230 e. The third kappa shape index (κ3) is 2.34. The number of aryl methyl sites for hydroxylation is 1. The van der Waals surface area contributed by atoms with Crippen LogP contribution in [-0.2, 0) is 16.0 Å². The minimum absolute atomic E-state index is 0.304. The molecule has 1 spiro atoms. The van der Waals surface area contributed by atoms with Crippen molar-refractivity contribution in [1.82, 2.24) is 15.1 Å². The molecule has 0 bridgehead atoms. The van der Waals surface area contributed by atoms with E-state index in [2.05, 4.69) is 15.1 Å². The van der Waals surface area contributed by atoms with Crippen LogP contribution in [0.25, 0.3) is 0 Å². The van der Waals surface area contributed by atoms with Crippen molar-refractivity contribution in [3.05, 3.63) is 11.8 Å². The average molecular weight is 239 g/mol. The van der Waals surface area contributed by atoms with Crippen molar-refractivity contribution in [2.24, 2.45) is 0 Å². The van der Waals surface area contributed by atoms with Gasteiger partial charge in [0.2, 0.25) is 11.8 Å². The Balaban J connectivity index is 1.54. The molecule has 0 aromatic carbocycles. The van der Waals surface area contributed by atoms with Gasteiger partial charge in [0.05, 0.1) is 19.8 Å². The molecule has 3 rings (SSSR count). The molecule has 0 N–H and O–H groups in total. The molecule has 2 aliphatic rings. The topological polar surface area (TPSA) is 60.6 Å². The van der Waals surface area contributed by atoms with E-state index in [0.717, 1.165) is 45.7 Å². The molecule has 0 aliphatic carbocycles. The summed E-state index contributed by atoms with van der Waals surface area (Å²) in [4.78, 5) is 2.29. The molecule has 0 saturated carbocycles. The fourth-order valence-electron chi connectivity index (χ4n) is 2.43. The Labute approximate surface area is 99.9 Å². The number of hydrogen-bond donors (Lipinski definition) is 0. The largest absolute Gasteiger partial charge is 0.424 e. The van der Waals surface area contributed by atoms with E-state index < -0.39 is 0 Å². The average Bonchev–Trinajstić information content (AvgIpc) is 2.93. The Morgan fingerprint density at radius 1 is 1.18 bits per heavy atom. The molecule has 2 saturated heterocycles. The van der Waals surface area contributed by atoms with Crippen LogP contribution < -0.4 is 0 Å². The Bertz CT molecular complexity index is 377. The van der Waals surface area contributed by atoms with Gasteiger partial charge in [-0.15, -0.1) is 10.2 Å². The van der Waals surface area contributed by atoms with Crippen LogP contribution in [0.4, 0.5) is 0 Å². The Hall–Kier alpha value is -0.980. The molecule has 0 amide bonds. The first kappa shape index (κ1) is 11.1. The van der Waals surface area contributed by atoms with Crippen LogP contribution in [0.5, 0.6) is 0 Å². The first-order chi connectivity index (χ1) is 8.26. The predicted molar refractivity (Wildman–Crippen MR) is 58.2 cm³/mol. The van der Waals surface area contributed by atoms with Crippen molar-refractivity contribution in [1.29, 1.82) is 0 Å². The van der Waals surface area contributed by atoms with Gasteiger partial charge in [0.15, 0.2) is 5.79 Å². The summed E-state index contributed by atoms with van der Waals surface area (Å²) >= 11 is 0. The van der Waals surface area contributed by atoms with Gasteiger partial charge in [0.25, 0.3) is 0 Å². The first-order valence-corrected chi connectivity index (χ1v) is 6.05. The summed E-state index contributed by atoms with van der Waals surface area (Å²) in [6.07, 6.45) is 1.83. The van der Waals surface area contributed by atoms with E-state index in [-0.39, 0.29) is 5.79 Å². The summed E-state index contributed by atoms with van der Waals surface area (Å²) in [5, 5.41) is 7.84. The van der Waals surface area contributed by atoms with Crippen LogP contribution in [0.3, 0.4) is 0 Å². The van der Waals surface area contributed by atoms with E-state index in [1.807, 2.05) is 6.92 Å². The van der Waals surface area contributed by atoms with Crippen molar-refractivity contribution in [3.8, 4) is 0 Å². The number of hydrogen-bond acceptors (Lipinski definition) is 6. The van der Waals surface area contributed by atoms with Crippen molar-refractivity contribution in [2.75, 3.05) is 26.3 Å². The molecule has 2 aliphatic heterocycles. The van der Waals surface area contributed by atoms with E-state index in [4.69, 9.17) is 13.9 Å². The molecule has 6 nitrogen and oxygen atoms in total. The van der Waals surface area contributed by atoms with Crippen LogP contribution in [0, 0.1) is 6.92 Å². The lowest BCUT2D eigenvalue weighted by Crippen LogP contribution is -2.44. The summed E-state index contributed by atoms with van der Waals surface area (Å²) in [5.74, 6) is 1.00. The Kier molecular flexibility index (Phi) is 2.85. The number of likely N-dealkylation sites (tertiary alicyclic amines) is 1. The van der Waals surface area contributed by atoms with Gasteiger partial charge in [-0.1, -0.05) is 0 Å². The van der Waals surface area contributed by atoms with Gasteiger partial charge in [-0.3, -0.25) is 4.90 Å². The van der Waals surface area contributed by atoms with Crippen molar-refractivity contribution < 1.29 is 13.9 Å². The molecule has 6 heteroatoms. The second kappa shape index (κ2) is 4.36. The van der Waals surface area contributed by atoms with Crippen LogP contribution in [0.2, 0.25) is 0 Å². The fraction of sp³-hybridized carbons (Fsp3) is 0.818. The van der Waals surface area contributed by atoms with Gasteiger partial charge in [-0.25, -0.2) is 0 Å². The molecule has 0 unspecified atom stereocenters. The van der Waals surface area contributed by atoms with Gasteiger partial charge in [0.1, 0.15) is 0 Å². The highest BCUT2D eigenvalue weighted by Gasteiger charge is 2.39. The summed E-state index contributed by atoms with van der Waals surface area (Å²) in [7, 11) is 0. The molecular formula is C11H17N3O3. The lowest BCUT2D eigenvalue weighted by atomic mass is 10.0. The molecule has 3 heterocycles. The summed E-state index contributed by atoms with van der Waals surface area (Å²) in [5.41, 5.74) is 0. The number of rotatable bonds is 2. The normalized spacial score (nSPS) is 24.5. The summed E-state index contributed by atoms with van der Waals surface area (Å²) in [6.45, 7) is 5.87. The van der Waals surface area contributed by atoms with Crippen LogP contribution >= 0.6 is 0 Å². The molecule has 2 fully saturated rings. The number of piperidine rings is 1. The smallest absolute Gasteiger partial charge is 0.230 e. The quantitative estimate of drug-likeness (QED) is 0.757. The molecule has 0 radical (unpaired) electrons. The third-order valence-corrected chi connectivity index (χ3v) is 3.36. The Morgan fingerprint density at radius 2 is 1.88 bits per heavy atom. The maximum atomic E-state index is 5.68. The van der Waals surface area contributed by atoms with Crippen LogP contribution in [0.1, 0.15) is 24.6 Å². The van der Waals surface area contributed by atoms with E-state index in [9.17, 15) is 0 Å². The van der Waals surface area contributed by atoms with Crippen molar-refractivity contribution in [3.63, 3.8) is 0 Å².